The fourth-order valence-electron chi connectivity index (χ4n) is 4.56. The lowest BCUT2D eigenvalue weighted by Crippen LogP contribution is -2.37. The Bertz CT molecular complexity index is 1290. The van der Waals surface area contributed by atoms with Gasteiger partial charge in [0.1, 0.15) is 27.5 Å². The molecule has 1 aromatic heterocycles. The van der Waals surface area contributed by atoms with E-state index < -0.39 is 0 Å². The summed E-state index contributed by atoms with van der Waals surface area (Å²) in [6.45, 7) is 6.18. The van der Waals surface area contributed by atoms with Gasteiger partial charge in [0.05, 0.1) is 18.6 Å². The lowest BCUT2D eigenvalue weighted by Gasteiger charge is -2.33. The highest BCUT2D eigenvalue weighted by molar-refractivity contribution is 8.26. The number of hydrogen-bond acceptors (Lipinski definition) is 7. The number of ether oxygens (including phenoxy) is 1. The van der Waals surface area contributed by atoms with Gasteiger partial charge in [0.25, 0.3) is 11.5 Å². The Hall–Kier alpha value is -3.09. The van der Waals surface area contributed by atoms with E-state index in [1.54, 1.807) is 23.5 Å². The molecule has 0 bridgehead atoms. The molecule has 7 nitrogen and oxygen atoms in total. The molecule has 0 aliphatic carbocycles. The van der Waals surface area contributed by atoms with Crippen molar-refractivity contribution in [3.8, 4) is 11.8 Å². The van der Waals surface area contributed by atoms with Gasteiger partial charge < -0.3 is 9.64 Å². The van der Waals surface area contributed by atoms with Gasteiger partial charge >= 0.3 is 0 Å². The van der Waals surface area contributed by atoms with Gasteiger partial charge in [-0.1, -0.05) is 36.1 Å². The molecule has 2 aromatic rings. The van der Waals surface area contributed by atoms with Crippen LogP contribution in [0, 0.1) is 18.3 Å². The normalized spacial score (nSPS) is 17.3. The second-order valence-electron chi connectivity index (χ2n) is 8.56. The van der Waals surface area contributed by atoms with Crippen molar-refractivity contribution >= 4 is 46.1 Å². The molecule has 2 aliphatic heterocycles. The average Bonchev–Trinajstić information content (AvgIpc) is 3.14. The van der Waals surface area contributed by atoms with Crippen molar-refractivity contribution in [3.63, 3.8) is 0 Å². The van der Waals surface area contributed by atoms with Gasteiger partial charge in [0.15, 0.2) is 0 Å². The maximum absolute atomic E-state index is 13.4. The highest BCUT2D eigenvalue weighted by Gasteiger charge is 2.33. The number of hydrogen-bond donors (Lipinski definition) is 0. The quantitative estimate of drug-likeness (QED) is 0.421. The number of methoxy groups -OCH3 is 1. The van der Waals surface area contributed by atoms with Crippen LogP contribution in [0.15, 0.2) is 34.0 Å². The number of thiocarbonyl (C=S) groups is 1. The summed E-state index contributed by atoms with van der Waals surface area (Å²) in [4.78, 5) is 30.8. The Morgan fingerprint density at radius 3 is 2.46 bits per heavy atom. The topological polar surface area (TPSA) is 78.6 Å². The maximum Gasteiger partial charge on any atom is 0.270 e. The van der Waals surface area contributed by atoms with Crippen molar-refractivity contribution in [3.05, 3.63) is 61.8 Å². The molecule has 2 fully saturated rings. The second-order valence-corrected chi connectivity index (χ2v) is 10.2. The number of amides is 1. The highest BCUT2D eigenvalue weighted by atomic mass is 32.2. The molecule has 0 unspecified atom stereocenters. The summed E-state index contributed by atoms with van der Waals surface area (Å²) in [5.74, 6) is 1.36. The Kier molecular flexibility index (Phi) is 7.63. The molecule has 2 saturated heterocycles. The molecule has 0 spiro atoms. The molecule has 35 heavy (non-hydrogen) atoms. The van der Waals surface area contributed by atoms with Gasteiger partial charge in [-0.2, -0.15) is 5.26 Å². The predicted molar refractivity (Wildman–Crippen MR) is 144 cm³/mol. The first kappa shape index (κ1) is 25.0. The highest BCUT2D eigenvalue weighted by Crippen LogP contribution is 2.37. The number of carbonyl (C=O) groups excluding carboxylic acids is 1. The summed E-state index contributed by atoms with van der Waals surface area (Å²) in [6.07, 6.45) is 5.06. The summed E-state index contributed by atoms with van der Waals surface area (Å²) >= 11 is 6.81. The zero-order valence-electron chi connectivity index (χ0n) is 20.2. The van der Waals surface area contributed by atoms with Crippen molar-refractivity contribution in [2.45, 2.75) is 46.2 Å². The fourth-order valence-corrected chi connectivity index (χ4v) is 5.80. The third-order valence-electron chi connectivity index (χ3n) is 6.47. The average molecular weight is 509 g/mol. The van der Waals surface area contributed by atoms with E-state index >= 15 is 0 Å². The van der Waals surface area contributed by atoms with Crippen LogP contribution < -0.4 is 15.2 Å². The van der Waals surface area contributed by atoms with E-state index in [4.69, 9.17) is 17.0 Å². The molecule has 3 heterocycles. The van der Waals surface area contributed by atoms with Gasteiger partial charge in [-0.25, -0.2) is 0 Å². The largest absolute Gasteiger partial charge is 0.497 e. The monoisotopic (exact) mass is 508 g/mol. The first-order valence-electron chi connectivity index (χ1n) is 11.7. The summed E-state index contributed by atoms with van der Waals surface area (Å²) in [6, 6.07) is 9.62. The van der Waals surface area contributed by atoms with Crippen LogP contribution in [-0.2, 0) is 17.9 Å². The van der Waals surface area contributed by atoms with Crippen LogP contribution in [0.1, 0.15) is 48.4 Å². The van der Waals surface area contributed by atoms with E-state index in [0.29, 0.717) is 27.9 Å². The number of benzene rings is 1. The van der Waals surface area contributed by atoms with Crippen LogP contribution in [0.5, 0.6) is 5.75 Å². The van der Waals surface area contributed by atoms with E-state index in [0.717, 1.165) is 55.0 Å². The first-order chi connectivity index (χ1) is 16.9. The SMILES string of the molecule is CCn1c(N2CCCCC2)c(C=C2SC(=S)N(Cc3ccc(OC)cc3)C2=O)c(C)c(C#N)c1=O. The van der Waals surface area contributed by atoms with Crippen molar-refractivity contribution in [2.75, 3.05) is 25.1 Å². The minimum Gasteiger partial charge on any atom is -0.497 e. The number of carbonyl (C=O) groups is 1. The van der Waals surface area contributed by atoms with Crippen LogP contribution in [0.3, 0.4) is 0 Å². The Labute approximate surface area is 215 Å². The van der Waals surface area contributed by atoms with E-state index in [2.05, 4.69) is 11.0 Å². The van der Waals surface area contributed by atoms with Gasteiger partial charge in [0.2, 0.25) is 0 Å². The number of pyridine rings is 1. The molecule has 182 valence electrons. The Balaban J connectivity index is 1.76. The van der Waals surface area contributed by atoms with E-state index in [9.17, 15) is 14.9 Å². The minimum atomic E-state index is -0.280. The van der Waals surface area contributed by atoms with Crippen LogP contribution in [0.2, 0.25) is 0 Å². The molecule has 0 radical (unpaired) electrons. The first-order valence-corrected chi connectivity index (χ1v) is 12.9. The zero-order chi connectivity index (χ0) is 25.1. The van der Waals surface area contributed by atoms with Crippen molar-refractivity contribution in [1.29, 1.82) is 5.26 Å². The summed E-state index contributed by atoms with van der Waals surface area (Å²) in [5, 5.41) is 9.74. The van der Waals surface area contributed by atoms with E-state index in [1.165, 1.54) is 11.8 Å². The van der Waals surface area contributed by atoms with Crippen molar-refractivity contribution in [1.82, 2.24) is 9.47 Å². The standard InChI is InChI=1S/C26H28N4O3S2/c1-4-29-23(28-12-6-5-7-13-28)20(17(2)21(15-27)24(29)31)14-22-25(32)30(26(34)35-22)16-18-8-10-19(33-3)11-9-18/h8-11,14H,4-7,12-13,16H2,1-3H3. The zero-order valence-corrected chi connectivity index (χ0v) is 21.8. The number of nitriles is 1. The fraction of sp³-hybridized carbons (Fsp3) is 0.385. The summed E-state index contributed by atoms with van der Waals surface area (Å²) < 4.78 is 7.36. The number of aromatic nitrogens is 1. The van der Waals surface area contributed by atoms with Crippen LogP contribution in [0.4, 0.5) is 5.82 Å². The third kappa shape index (κ3) is 4.86. The van der Waals surface area contributed by atoms with Crippen LogP contribution in [0.25, 0.3) is 6.08 Å². The van der Waals surface area contributed by atoms with Gasteiger partial charge in [0, 0.05) is 25.2 Å². The smallest absolute Gasteiger partial charge is 0.270 e. The summed E-state index contributed by atoms with van der Waals surface area (Å²) in [7, 11) is 1.61. The molecular formula is C26H28N4O3S2. The molecule has 1 amide bonds. The second kappa shape index (κ2) is 10.7. The lowest BCUT2D eigenvalue weighted by atomic mass is 10.0. The molecule has 0 atom stereocenters. The minimum absolute atomic E-state index is 0.118. The van der Waals surface area contributed by atoms with Crippen molar-refractivity contribution < 1.29 is 9.53 Å². The lowest BCUT2D eigenvalue weighted by molar-refractivity contribution is -0.122. The number of piperidine rings is 1. The molecule has 9 heteroatoms. The summed E-state index contributed by atoms with van der Waals surface area (Å²) in [5.41, 5.74) is 2.13. The van der Waals surface area contributed by atoms with Gasteiger partial charge in [-0.15, -0.1) is 0 Å². The predicted octanol–water partition coefficient (Wildman–Crippen LogP) is 4.45. The molecule has 0 saturated carbocycles. The molecule has 1 aromatic carbocycles. The molecular weight excluding hydrogens is 480 g/mol. The molecule has 2 aliphatic rings. The molecule has 0 N–H and O–H groups in total. The van der Waals surface area contributed by atoms with E-state index in [1.807, 2.05) is 37.3 Å². The van der Waals surface area contributed by atoms with Gasteiger partial charge in [-0.3, -0.25) is 19.1 Å². The Morgan fingerprint density at radius 2 is 1.86 bits per heavy atom. The maximum atomic E-state index is 13.4. The third-order valence-corrected chi connectivity index (χ3v) is 7.84. The van der Waals surface area contributed by atoms with Crippen LogP contribution >= 0.6 is 24.0 Å². The van der Waals surface area contributed by atoms with E-state index in [-0.39, 0.29) is 17.0 Å². The number of thioether (sulfide) groups is 1. The van der Waals surface area contributed by atoms with Gasteiger partial charge in [-0.05, 0) is 62.4 Å². The number of rotatable bonds is 6. The number of anilines is 1. The molecule has 4 rings (SSSR count). The van der Waals surface area contributed by atoms with Crippen LogP contribution in [-0.4, -0.2) is 39.9 Å². The Morgan fingerprint density at radius 1 is 1.17 bits per heavy atom. The number of nitrogens with zero attached hydrogens (tertiary/aromatic N) is 4. The van der Waals surface area contributed by atoms with Crippen molar-refractivity contribution in [2.24, 2.45) is 0 Å².